The van der Waals surface area contributed by atoms with Crippen molar-refractivity contribution < 1.29 is 13.2 Å². The molecule has 1 atom stereocenters. The molecule has 2 nitrogen and oxygen atoms in total. The van der Waals surface area contributed by atoms with Crippen LogP contribution in [-0.4, -0.2) is 0 Å². The molecule has 0 spiro atoms. The third-order valence-electron chi connectivity index (χ3n) is 3.73. The van der Waals surface area contributed by atoms with Crippen LogP contribution < -0.4 is 11.3 Å². The summed E-state index contributed by atoms with van der Waals surface area (Å²) in [5, 5.41) is 0. The second-order valence-electron chi connectivity index (χ2n) is 4.90. The van der Waals surface area contributed by atoms with Crippen LogP contribution in [0.3, 0.4) is 0 Å². The van der Waals surface area contributed by atoms with Gasteiger partial charge in [-0.2, -0.15) is 13.2 Å². The predicted molar refractivity (Wildman–Crippen MR) is 63.6 cm³/mol. The van der Waals surface area contributed by atoms with Crippen molar-refractivity contribution in [1.29, 1.82) is 0 Å². The van der Waals surface area contributed by atoms with E-state index in [0.717, 1.165) is 24.5 Å². The zero-order valence-electron chi connectivity index (χ0n) is 10.2. The van der Waals surface area contributed by atoms with E-state index in [1.54, 1.807) is 13.0 Å². The molecule has 1 fully saturated rings. The van der Waals surface area contributed by atoms with E-state index in [1.807, 2.05) is 0 Å². The van der Waals surface area contributed by atoms with Crippen molar-refractivity contribution in [2.75, 3.05) is 0 Å². The van der Waals surface area contributed by atoms with Gasteiger partial charge >= 0.3 is 6.18 Å². The van der Waals surface area contributed by atoms with Crippen LogP contribution >= 0.6 is 0 Å². The highest BCUT2D eigenvalue weighted by Crippen LogP contribution is 2.39. The van der Waals surface area contributed by atoms with E-state index in [9.17, 15) is 13.2 Å². The van der Waals surface area contributed by atoms with Gasteiger partial charge in [-0.1, -0.05) is 12.5 Å². The highest BCUT2D eigenvalue weighted by molar-refractivity contribution is 5.35. The van der Waals surface area contributed by atoms with Gasteiger partial charge in [-0.05, 0) is 48.9 Å². The Labute approximate surface area is 104 Å². The summed E-state index contributed by atoms with van der Waals surface area (Å²) < 4.78 is 37.7. The fraction of sp³-hybridized carbons (Fsp3) is 0.538. The Morgan fingerprint density at radius 3 is 2.39 bits per heavy atom. The molecule has 1 aliphatic rings. The molecule has 18 heavy (non-hydrogen) atoms. The number of nitrogens with one attached hydrogen (secondary N) is 1. The summed E-state index contributed by atoms with van der Waals surface area (Å²) in [6.07, 6.45) is -0.960. The van der Waals surface area contributed by atoms with Crippen LogP contribution in [0.15, 0.2) is 18.2 Å². The molecule has 0 saturated heterocycles. The van der Waals surface area contributed by atoms with E-state index in [1.165, 1.54) is 12.5 Å². The molecule has 1 aliphatic carbocycles. The highest BCUT2D eigenvalue weighted by Gasteiger charge is 2.33. The van der Waals surface area contributed by atoms with Crippen molar-refractivity contribution in [2.45, 2.75) is 38.4 Å². The Morgan fingerprint density at radius 2 is 2.00 bits per heavy atom. The van der Waals surface area contributed by atoms with Gasteiger partial charge in [-0.25, -0.2) is 0 Å². The Bertz CT molecular complexity index is 425. The van der Waals surface area contributed by atoms with Crippen LogP contribution in [-0.2, 0) is 6.18 Å². The van der Waals surface area contributed by atoms with Gasteiger partial charge in [0.15, 0.2) is 0 Å². The smallest absolute Gasteiger partial charge is 0.271 e. The topological polar surface area (TPSA) is 38.0 Å². The van der Waals surface area contributed by atoms with Crippen molar-refractivity contribution >= 4 is 0 Å². The largest absolute Gasteiger partial charge is 0.416 e. The monoisotopic (exact) mass is 258 g/mol. The van der Waals surface area contributed by atoms with Crippen LogP contribution in [0.1, 0.15) is 42.0 Å². The maximum atomic E-state index is 12.6. The standard InChI is InChI=1S/C13H17F3N2/c1-8-7-10(13(14,15)16)5-6-11(8)12(18-17)9-3-2-4-9/h5-7,9,12,18H,2-4,17H2,1H3. The first-order valence-corrected chi connectivity index (χ1v) is 6.07. The number of halogens is 3. The normalized spacial score (nSPS) is 18.5. The fourth-order valence-electron chi connectivity index (χ4n) is 2.45. The van der Waals surface area contributed by atoms with Crippen molar-refractivity contribution in [1.82, 2.24) is 5.43 Å². The van der Waals surface area contributed by atoms with Crippen LogP contribution in [0.25, 0.3) is 0 Å². The Hall–Kier alpha value is -1.07. The quantitative estimate of drug-likeness (QED) is 0.644. The van der Waals surface area contributed by atoms with Gasteiger partial charge in [0.25, 0.3) is 0 Å². The van der Waals surface area contributed by atoms with Gasteiger partial charge in [0.2, 0.25) is 0 Å². The van der Waals surface area contributed by atoms with Crippen LogP contribution in [0.4, 0.5) is 13.2 Å². The lowest BCUT2D eigenvalue weighted by Gasteiger charge is -2.34. The number of benzene rings is 1. The minimum atomic E-state index is -4.29. The molecule has 1 unspecified atom stereocenters. The average molecular weight is 258 g/mol. The number of rotatable bonds is 3. The molecule has 0 amide bonds. The third kappa shape index (κ3) is 2.52. The van der Waals surface area contributed by atoms with Crippen LogP contribution in [0.2, 0.25) is 0 Å². The molecule has 0 heterocycles. The average Bonchev–Trinajstić information content (AvgIpc) is 2.22. The second kappa shape index (κ2) is 4.90. The lowest BCUT2D eigenvalue weighted by molar-refractivity contribution is -0.137. The molecular weight excluding hydrogens is 241 g/mol. The summed E-state index contributed by atoms with van der Waals surface area (Å²) in [5.74, 6) is 5.97. The number of hydrogen-bond donors (Lipinski definition) is 2. The van der Waals surface area contributed by atoms with Gasteiger partial charge in [0.05, 0.1) is 5.56 Å². The molecule has 1 saturated carbocycles. The zero-order valence-corrected chi connectivity index (χ0v) is 10.2. The third-order valence-corrected chi connectivity index (χ3v) is 3.73. The second-order valence-corrected chi connectivity index (χ2v) is 4.90. The molecule has 2 rings (SSSR count). The Morgan fingerprint density at radius 1 is 1.33 bits per heavy atom. The summed E-state index contributed by atoms with van der Waals surface area (Å²) in [5.41, 5.74) is 3.64. The van der Waals surface area contributed by atoms with Gasteiger partial charge in [0, 0.05) is 6.04 Å². The molecule has 0 aliphatic heterocycles. The summed E-state index contributed by atoms with van der Waals surface area (Å²) in [7, 11) is 0. The molecule has 3 N–H and O–H groups in total. The lowest BCUT2D eigenvalue weighted by Crippen LogP contribution is -2.36. The zero-order chi connectivity index (χ0) is 13.3. The summed E-state index contributed by atoms with van der Waals surface area (Å²) in [6, 6.07) is 3.83. The van der Waals surface area contributed by atoms with E-state index < -0.39 is 11.7 Å². The molecule has 0 aromatic heterocycles. The molecule has 1 aromatic rings. The first-order chi connectivity index (χ1) is 8.43. The minimum absolute atomic E-state index is 0.0407. The van der Waals surface area contributed by atoms with Gasteiger partial charge in [-0.15, -0.1) is 0 Å². The highest BCUT2D eigenvalue weighted by atomic mass is 19.4. The SMILES string of the molecule is Cc1cc(C(F)(F)F)ccc1C(NN)C1CCC1. The number of aryl methyl sites for hydroxylation is 1. The van der Waals surface area contributed by atoms with Crippen LogP contribution in [0.5, 0.6) is 0 Å². The van der Waals surface area contributed by atoms with Gasteiger partial charge in [0.1, 0.15) is 0 Å². The number of hydrazine groups is 1. The van der Waals surface area contributed by atoms with Crippen LogP contribution in [0, 0.1) is 12.8 Å². The van der Waals surface area contributed by atoms with E-state index >= 15 is 0 Å². The predicted octanol–water partition coefficient (Wildman–Crippen LogP) is 3.32. The summed E-state index contributed by atoms with van der Waals surface area (Å²) in [4.78, 5) is 0. The molecule has 0 radical (unpaired) electrons. The van der Waals surface area contributed by atoms with E-state index in [2.05, 4.69) is 5.43 Å². The van der Waals surface area contributed by atoms with E-state index in [0.29, 0.717) is 11.5 Å². The van der Waals surface area contributed by atoms with Gasteiger partial charge in [-0.3, -0.25) is 11.3 Å². The number of hydrogen-bond acceptors (Lipinski definition) is 2. The number of alkyl halides is 3. The van der Waals surface area contributed by atoms with Crippen molar-refractivity contribution in [3.8, 4) is 0 Å². The summed E-state index contributed by atoms with van der Waals surface area (Å²) in [6.45, 7) is 1.70. The fourth-order valence-corrected chi connectivity index (χ4v) is 2.45. The molecule has 1 aromatic carbocycles. The molecule has 5 heteroatoms. The van der Waals surface area contributed by atoms with Gasteiger partial charge < -0.3 is 0 Å². The van der Waals surface area contributed by atoms with E-state index in [-0.39, 0.29) is 6.04 Å². The van der Waals surface area contributed by atoms with Crippen molar-refractivity contribution in [2.24, 2.45) is 11.8 Å². The lowest BCUT2D eigenvalue weighted by atomic mass is 9.76. The maximum Gasteiger partial charge on any atom is 0.416 e. The minimum Gasteiger partial charge on any atom is -0.271 e. The molecule has 0 bridgehead atoms. The Balaban J connectivity index is 2.28. The van der Waals surface area contributed by atoms with E-state index in [4.69, 9.17) is 5.84 Å². The first-order valence-electron chi connectivity index (χ1n) is 6.07. The number of nitrogens with two attached hydrogens (primary N) is 1. The summed E-state index contributed by atoms with van der Waals surface area (Å²) >= 11 is 0. The van der Waals surface area contributed by atoms with Crippen molar-refractivity contribution in [3.63, 3.8) is 0 Å². The maximum absolute atomic E-state index is 12.6. The molecule has 100 valence electrons. The Kier molecular flexibility index (Phi) is 3.64. The first kappa shape index (κ1) is 13.4. The van der Waals surface area contributed by atoms with Crippen molar-refractivity contribution in [3.05, 3.63) is 34.9 Å². The molecular formula is C13H17F3N2.